The molecule has 1 aromatic rings. The molecule has 1 atom stereocenters. The van der Waals surface area contributed by atoms with E-state index in [0.717, 1.165) is 0 Å². The molecule has 23 heavy (non-hydrogen) atoms. The Hall–Kier alpha value is -2.21. The molecule has 2 amide bonds. The van der Waals surface area contributed by atoms with Crippen molar-refractivity contribution in [2.24, 2.45) is 0 Å². The molecule has 0 bridgehead atoms. The van der Waals surface area contributed by atoms with Crippen molar-refractivity contribution in [1.29, 1.82) is 0 Å². The first-order valence-corrected chi connectivity index (χ1v) is 7.75. The lowest BCUT2D eigenvalue weighted by Crippen LogP contribution is -2.44. The van der Waals surface area contributed by atoms with Gasteiger partial charge in [-0.25, -0.2) is 0 Å². The molecule has 0 spiro atoms. The SMILES string of the molecule is CN(C(=O)C1=COCCO1)[C@H]1CCN(c2ccccc2Cl)C1=O. The first-order chi connectivity index (χ1) is 11.1. The number of anilines is 1. The molecule has 1 fully saturated rings. The van der Waals surface area contributed by atoms with Crippen LogP contribution in [0.4, 0.5) is 5.69 Å². The molecule has 0 N–H and O–H groups in total. The average Bonchev–Trinajstić information content (AvgIpc) is 2.96. The Morgan fingerprint density at radius 2 is 2.13 bits per heavy atom. The molecule has 1 saturated heterocycles. The van der Waals surface area contributed by atoms with Crippen LogP contribution in [0.5, 0.6) is 0 Å². The van der Waals surface area contributed by atoms with E-state index in [2.05, 4.69) is 0 Å². The van der Waals surface area contributed by atoms with E-state index in [4.69, 9.17) is 21.1 Å². The predicted octanol–water partition coefficient (Wildman–Crippen LogP) is 1.79. The molecule has 0 aromatic heterocycles. The second kappa shape index (κ2) is 6.50. The fourth-order valence-electron chi connectivity index (χ4n) is 2.73. The molecule has 2 aliphatic rings. The van der Waals surface area contributed by atoms with Crippen molar-refractivity contribution < 1.29 is 19.1 Å². The summed E-state index contributed by atoms with van der Waals surface area (Å²) in [5.41, 5.74) is 0.666. The van der Waals surface area contributed by atoms with Crippen LogP contribution in [0.25, 0.3) is 0 Å². The van der Waals surface area contributed by atoms with Crippen LogP contribution in [0, 0.1) is 0 Å². The highest BCUT2D eigenvalue weighted by Crippen LogP contribution is 2.30. The van der Waals surface area contributed by atoms with Crippen LogP contribution in [0.2, 0.25) is 5.02 Å². The second-order valence-corrected chi connectivity index (χ2v) is 5.77. The fraction of sp³-hybridized carbons (Fsp3) is 0.375. The van der Waals surface area contributed by atoms with Crippen LogP contribution in [-0.4, -0.2) is 49.6 Å². The molecule has 2 heterocycles. The summed E-state index contributed by atoms with van der Waals surface area (Å²) in [6, 6.07) is 6.64. The number of rotatable bonds is 3. The lowest BCUT2D eigenvalue weighted by molar-refractivity contribution is -0.137. The van der Waals surface area contributed by atoms with Gasteiger partial charge in [-0.15, -0.1) is 0 Å². The first-order valence-electron chi connectivity index (χ1n) is 7.37. The van der Waals surface area contributed by atoms with Crippen molar-refractivity contribution in [3.05, 3.63) is 41.3 Å². The number of hydrogen-bond acceptors (Lipinski definition) is 4. The van der Waals surface area contributed by atoms with Gasteiger partial charge in [-0.2, -0.15) is 0 Å². The summed E-state index contributed by atoms with van der Waals surface area (Å²) in [4.78, 5) is 28.1. The minimum absolute atomic E-state index is 0.128. The van der Waals surface area contributed by atoms with Crippen LogP contribution in [-0.2, 0) is 19.1 Å². The first kappa shape index (κ1) is 15.7. The Bertz CT molecular complexity index is 661. The summed E-state index contributed by atoms with van der Waals surface area (Å²) in [5.74, 6) is -0.377. The number of para-hydroxylation sites is 1. The van der Waals surface area contributed by atoms with E-state index in [1.807, 2.05) is 12.1 Å². The molecule has 0 aliphatic carbocycles. The maximum Gasteiger partial charge on any atom is 0.292 e. The van der Waals surface area contributed by atoms with Gasteiger partial charge in [-0.05, 0) is 18.6 Å². The Kier molecular flexibility index (Phi) is 4.43. The molecular weight excluding hydrogens is 320 g/mol. The Morgan fingerprint density at radius 3 is 2.83 bits per heavy atom. The fourth-order valence-corrected chi connectivity index (χ4v) is 2.97. The lowest BCUT2D eigenvalue weighted by Gasteiger charge is -2.26. The monoisotopic (exact) mass is 336 g/mol. The van der Waals surface area contributed by atoms with Crippen LogP contribution in [0.1, 0.15) is 6.42 Å². The molecule has 7 heteroatoms. The van der Waals surface area contributed by atoms with Crippen LogP contribution < -0.4 is 4.90 Å². The van der Waals surface area contributed by atoms with Crippen molar-refractivity contribution in [2.75, 3.05) is 31.7 Å². The van der Waals surface area contributed by atoms with Gasteiger partial charge in [-0.3, -0.25) is 9.59 Å². The summed E-state index contributed by atoms with van der Waals surface area (Å²) in [7, 11) is 1.60. The summed E-state index contributed by atoms with van der Waals surface area (Å²) in [6.45, 7) is 1.26. The van der Waals surface area contributed by atoms with Gasteiger partial charge in [0.15, 0.2) is 0 Å². The largest absolute Gasteiger partial charge is 0.494 e. The summed E-state index contributed by atoms with van der Waals surface area (Å²) in [5, 5.41) is 0.516. The highest BCUT2D eigenvalue weighted by Gasteiger charge is 2.39. The summed E-state index contributed by atoms with van der Waals surface area (Å²) >= 11 is 6.16. The van der Waals surface area contributed by atoms with Crippen LogP contribution >= 0.6 is 11.6 Å². The number of carbonyl (C=O) groups is 2. The smallest absolute Gasteiger partial charge is 0.292 e. The molecule has 0 saturated carbocycles. The van der Waals surface area contributed by atoms with E-state index in [9.17, 15) is 9.59 Å². The summed E-state index contributed by atoms with van der Waals surface area (Å²) < 4.78 is 10.4. The Balaban J connectivity index is 1.75. The number of nitrogens with zero attached hydrogens (tertiary/aromatic N) is 2. The number of carbonyl (C=O) groups excluding carboxylic acids is 2. The van der Waals surface area contributed by atoms with Gasteiger partial charge >= 0.3 is 0 Å². The molecule has 1 aromatic carbocycles. The molecule has 0 radical (unpaired) electrons. The average molecular weight is 337 g/mol. The molecular formula is C16H17ClN2O4. The minimum atomic E-state index is -0.537. The van der Waals surface area contributed by atoms with Crippen LogP contribution in [0.15, 0.2) is 36.3 Å². The maximum atomic E-state index is 12.7. The van der Waals surface area contributed by atoms with E-state index >= 15 is 0 Å². The molecule has 0 unspecified atom stereocenters. The highest BCUT2D eigenvalue weighted by atomic mass is 35.5. The third-order valence-corrected chi connectivity index (χ3v) is 4.29. The highest BCUT2D eigenvalue weighted by molar-refractivity contribution is 6.34. The van der Waals surface area contributed by atoms with Crippen LogP contribution in [0.3, 0.4) is 0 Å². The van der Waals surface area contributed by atoms with Gasteiger partial charge < -0.3 is 19.3 Å². The molecule has 6 nitrogen and oxygen atoms in total. The van der Waals surface area contributed by atoms with Gasteiger partial charge in [-0.1, -0.05) is 23.7 Å². The number of hydrogen-bond donors (Lipinski definition) is 0. The van der Waals surface area contributed by atoms with Gasteiger partial charge in [0.2, 0.25) is 11.7 Å². The van der Waals surface area contributed by atoms with Crippen molar-refractivity contribution in [1.82, 2.24) is 4.90 Å². The van der Waals surface area contributed by atoms with Gasteiger partial charge in [0.05, 0.1) is 10.7 Å². The van der Waals surface area contributed by atoms with Gasteiger partial charge in [0.25, 0.3) is 5.91 Å². The molecule has 2 aliphatic heterocycles. The molecule has 122 valence electrons. The predicted molar refractivity (Wildman–Crippen MR) is 85.0 cm³/mol. The van der Waals surface area contributed by atoms with Crippen molar-refractivity contribution in [2.45, 2.75) is 12.5 Å². The zero-order chi connectivity index (χ0) is 16.4. The number of likely N-dealkylation sites (N-methyl/N-ethyl adjacent to an activating group) is 1. The van der Waals surface area contributed by atoms with E-state index in [1.54, 1.807) is 24.1 Å². The number of halogens is 1. The normalized spacial score (nSPS) is 20.6. The molecule has 3 rings (SSSR count). The number of amides is 2. The lowest BCUT2D eigenvalue weighted by atomic mass is 10.2. The van der Waals surface area contributed by atoms with E-state index < -0.39 is 6.04 Å². The van der Waals surface area contributed by atoms with Crippen molar-refractivity contribution in [3.8, 4) is 0 Å². The third-order valence-electron chi connectivity index (χ3n) is 3.97. The summed E-state index contributed by atoms with van der Waals surface area (Å²) in [6.07, 6.45) is 1.84. The van der Waals surface area contributed by atoms with Crippen molar-refractivity contribution >= 4 is 29.1 Å². The maximum absolute atomic E-state index is 12.7. The van der Waals surface area contributed by atoms with Gasteiger partial charge in [0.1, 0.15) is 25.5 Å². The van der Waals surface area contributed by atoms with E-state index in [0.29, 0.717) is 36.9 Å². The van der Waals surface area contributed by atoms with E-state index in [1.165, 1.54) is 11.2 Å². The third kappa shape index (κ3) is 2.99. The minimum Gasteiger partial charge on any atom is -0.494 e. The second-order valence-electron chi connectivity index (χ2n) is 5.36. The zero-order valence-corrected chi connectivity index (χ0v) is 13.5. The Morgan fingerprint density at radius 1 is 1.35 bits per heavy atom. The Labute approximate surface area is 139 Å². The number of ether oxygens (including phenoxy) is 2. The quantitative estimate of drug-likeness (QED) is 0.844. The van der Waals surface area contributed by atoms with E-state index in [-0.39, 0.29) is 17.6 Å². The number of benzene rings is 1. The van der Waals surface area contributed by atoms with Crippen molar-refractivity contribution in [3.63, 3.8) is 0 Å². The van der Waals surface area contributed by atoms with Gasteiger partial charge in [0, 0.05) is 13.6 Å². The topological polar surface area (TPSA) is 59.1 Å². The standard InChI is InChI=1S/C16H17ClN2O4/c1-18(16(21)14-10-22-8-9-23-14)13-6-7-19(15(13)20)12-5-3-2-4-11(12)17/h2-5,10,13H,6-9H2,1H3/t13-/m0/s1. The zero-order valence-electron chi connectivity index (χ0n) is 12.7.